The molecule has 0 saturated heterocycles. The summed E-state index contributed by atoms with van der Waals surface area (Å²) >= 11 is 0. The van der Waals surface area contributed by atoms with Gasteiger partial charge in [-0.3, -0.25) is 9.78 Å². The highest BCUT2D eigenvalue weighted by Gasteiger charge is 2.42. The molecule has 0 radical (unpaired) electrons. The van der Waals surface area contributed by atoms with Gasteiger partial charge in [-0.15, -0.1) is 0 Å². The summed E-state index contributed by atoms with van der Waals surface area (Å²) in [6.45, 7) is 1.90. The van der Waals surface area contributed by atoms with Crippen LogP contribution in [0.25, 0.3) is 0 Å². The van der Waals surface area contributed by atoms with Gasteiger partial charge in [-0.25, -0.2) is 0 Å². The summed E-state index contributed by atoms with van der Waals surface area (Å²) < 4.78 is 10.7. The Morgan fingerprint density at radius 1 is 1.53 bits per heavy atom. The number of nitrogens with zero attached hydrogens (tertiary/aromatic N) is 1. The second kappa shape index (κ2) is 4.73. The molecule has 1 aliphatic rings. The van der Waals surface area contributed by atoms with E-state index in [0.717, 1.165) is 30.7 Å². The number of ether oxygens (including phenoxy) is 2. The van der Waals surface area contributed by atoms with Crippen molar-refractivity contribution >= 4 is 5.97 Å². The fourth-order valence-electron chi connectivity index (χ4n) is 2.03. The maximum atomic E-state index is 11.4. The Morgan fingerprint density at radius 3 is 2.82 bits per heavy atom. The molecular weight excluding hydrogens is 218 g/mol. The van der Waals surface area contributed by atoms with E-state index in [-0.39, 0.29) is 11.6 Å². The molecule has 1 fully saturated rings. The minimum Gasteiger partial charge on any atom is -0.485 e. The average molecular weight is 235 g/mol. The van der Waals surface area contributed by atoms with Crippen LogP contribution in [0.3, 0.4) is 0 Å². The summed E-state index contributed by atoms with van der Waals surface area (Å²) in [7, 11) is 1.41. The Hall–Kier alpha value is -1.58. The summed E-state index contributed by atoms with van der Waals surface area (Å²) in [6.07, 6.45) is 4.94. The van der Waals surface area contributed by atoms with E-state index in [4.69, 9.17) is 9.47 Å². The Morgan fingerprint density at radius 2 is 2.29 bits per heavy atom. The van der Waals surface area contributed by atoms with Gasteiger partial charge in [0, 0.05) is 6.20 Å². The Bertz CT molecular complexity index is 413. The van der Waals surface area contributed by atoms with Gasteiger partial charge in [-0.1, -0.05) is 0 Å². The van der Waals surface area contributed by atoms with Crippen LogP contribution in [0.15, 0.2) is 18.3 Å². The van der Waals surface area contributed by atoms with Crippen molar-refractivity contribution < 1.29 is 14.3 Å². The molecule has 2 rings (SSSR count). The molecule has 4 heteroatoms. The number of aryl methyl sites for hydroxylation is 1. The van der Waals surface area contributed by atoms with E-state index in [1.54, 1.807) is 6.20 Å². The van der Waals surface area contributed by atoms with Crippen LogP contribution in [0.2, 0.25) is 0 Å². The smallest absolute Gasteiger partial charge is 0.309 e. The fourth-order valence-corrected chi connectivity index (χ4v) is 2.03. The number of rotatable bonds is 4. The molecular formula is C13H17NO3. The standard InChI is InChI=1S/C13H17NO3/c1-10-11(5-3-8-14-10)17-13(6-4-7-13)9-12(15)16-2/h3,5,8H,4,6-7,9H2,1-2H3. The molecule has 0 aliphatic heterocycles. The second-order valence-electron chi connectivity index (χ2n) is 4.48. The molecule has 0 unspecified atom stereocenters. The fraction of sp³-hybridized carbons (Fsp3) is 0.538. The third-order valence-corrected chi connectivity index (χ3v) is 3.24. The molecule has 0 aromatic carbocycles. The number of hydrogen-bond acceptors (Lipinski definition) is 4. The van der Waals surface area contributed by atoms with E-state index in [2.05, 4.69) is 4.98 Å². The van der Waals surface area contributed by atoms with E-state index in [1.165, 1.54) is 7.11 Å². The van der Waals surface area contributed by atoms with E-state index in [0.29, 0.717) is 6.42 Å². The van der Waals surface area contributed by atoms with Gasteiger partial charge in [0.1, 0.15) is 11.4 Å². The molecule has 0 atom stereocenters. The maximum absolute atomic E-state index is 11.4. The molecule has 92 valence electrons. The zero-order chi connectivity index (χ0) is 12.3. The Balaban J connectivity index is 2.10. The lowest BCUT2D eigenvalue weighted by Gasteiger charge is -2.41. The molecule has 0 N–H and O–H groups in total. The van der Waals surface area contributed by atoms with Gasteiger partial charge in [0.25, 0.3) is 0 Å². The van der Waals surface area contributed by atoms with Gasteiger partial charge in [0.05, 0.1) is 19.2 Å². The van der Waals surface area contributed by atoms with Gasteiger partial charge in [0.2, 0.25) is 0 Å². The summed E-state index contributed by atoms with van der Waals surface area (Å²) in [5, 5.41) is 0. The summed E-state index contributed by atoms with van der Waals surface area (Å²) in [6, 6.07) is 3.73. The largest absolute Gasteiger partial charge is 0.485 e. The van der Waals surface area contributed by atoms with Crippen molar-refractivity contribution in [3.05, 3.63) is 24.0 Å². The number of esters is 1. The summed E-state index contributed by atoms with van der Waals surface area (Å²) in [5.74, 6) is 0.544. The zero-order valence-corrected chi connectivity index (χ0v) is 10.2. The van der Waals surface area contributed by atoms with Crippen LogP contribution in [-0.4, -0.2) is 23.7 Å². The summed E-state index contributed by atoms with van der Waals surface area (Å²) in [5.41, 5.74) is 0.476. The molecule has 1 aromatic heterocycles. The SMILES string of the molecule is COC(=O)CC1(Oc2cccnc2C)CCC1. The highest BCUT2D eigenvalue weighted by Crippen LogP contribution is 2.40. The lowest BCUT2D eigenvalue weighted by Crippen LogP contribution is -2.45. The Labute approximate surface area is 101 Å². The quantitative estimate of drug-likeness (QED) is 0.751. The number of aromatic nitrogens is 1. The van der Waals surface area contributed by atoms with E-state index < -0.39 is 0 Å². The lowest BCUT2D eigenvalue weighted by molar-refractivity contribution is -0.148. The van der Waals surface area contributed by atoms with Crippen molar-refractivity contribution in [1.29, 1.82) is 0 Å². The summed E-state index contributed by atoms with van der Waals surface area (Å²) in [4.78, 5) is 15.6. The van der Waals surface area contributed by atoms with Crippen molar-refractivity contribution in [3.63, 3.8) is 0 Å². The normalized spacial score (nSPS) is 17.1. The third-order valence-electron chi connectivity index (χ3n) is 3.24. The van der Waals surface area contributed by atoms with E-state index in [9.17, 15) is 4.79 Å². The number of pyridine rings is 1. The van der Waals surface area contributed by atoms with E-state index in [1.807, 2.05) is 19.1 Å². The topological polar surface area (TPSA) is 48.4 Å². The van der Waals surface area contributed by atoms with Crippen LogP contribution in [0.5, 0.6) is 5.75 Å². The van der Waals surface area contributed by atoms with Crippen molar-refractivity contribution in [2.24, 2.45) is 0 Å². The van der Waals surface area contributed by atoms with Crippen LogP contribution in [-0.2, 0) is 9.53 Å². The van der Waals surface area contributed by atoms with Crippen LogP contribution in [0, 0.1) is 6.92 Å². The van der Waals surface area contributed by atoms with Crippen molar-refractivity contribution in [1.82, 2.24) is 4.98 Å². The highest BCUT2D eigenvalue weighted by atomic mass is 16.5. The van der Waals surface area contributed by atoms with Crippen LogP contribution < -0.4 is 4.74 Å². The molecule has 1 heterocycles. The molecule has 4 nitrogen and oxygen atoms in total. The van der Waals surface area contributed by atoms with E-state index >= 15 is 0 Å². The van der Waals surface area contributed by atoms with Gasteiger partial charge >= 0.3 is 5.97 Å². The monoisotopic (exact) mass is 235 g/mol. The molecule has 0 bridgehead atoms. The molecule has 17 heavy (non-hydrogen) atoms. The van der Waals surface area contributed by atoms with Crippen LogP contribution >= 0.6 is 0 Å². The lowest BCUT2D eigenvalue weighted by atomic mass is 9.77. The Kier molecular flexibility index (Phi) is 3.31. The first-order valence-corrected chi connectivity index (χ1v) is 5.83. The second-order valence-corrected chi connectivity index (χ2v) is 4.48. The predicted molar refractivity (Wildman–Crippen MR) is 62.8 cm³/mol. The van der Waals surface area contributed by atoms with Gasteiger partial charge < -0.3 is 9.47 Å². The number of methoxy groups -OCH3 is 1. The predicted octanol–water partition coefficient (Wildman–Crippen LogP) is 2.25. The molecule has 0 amide bonds. The first-order valence-electron chi connectivity index (χ1n) is 5.83. The number of carbonyl (C=O) groups excluding carboxylic acids is 1. The first-order chi connectivity index (χ1) is 8.15. The van der Waals surface area contributed by atoms with Gasteiger partial charge in [0.15, 0.2) is 0 Å². The number of carbonyl (C=O) groups is 1. The first kappa shape index (κ1) is 11.9. The van der Waals surface area contributed by atoms with Crippen LogP contribution in [0.4, 0.5) is 0 Å². The number of hydrogen-bond donors (Lipinski definition) is 0. The molecule has 1 aliphatic carbocycles. The highest BCUT2D eigenvalue weighted by molar-refractivity contribution is 5.70. The minimum absolute atomic E-state index is 0.216. The molecule has 0 spiro atoms. The van der Waals surface area contributed by atoms with Gasteiger partial charge in [-0.05, 0) is 38.3 Å². The van der Waals surface area contributed by atoms with Crippen molar-refractivity contribution in [3.8, 4) is 5.75 Å². The molecule has 1 aromatic rings. The maximum Gasteiger partial charge on any atom is 0.309 e. The third kappa shape index (κ3) is 2.57. The van der Waals surface area contributed by atoms with Crippen LogP contribution in [0.1, 0.15) is 31.4 Å². The van der Waals surface area contributed by atoms with Gasteiger partial charge in [-0.2, -0.15) is 0 Å². The molecule has 1 saturated carbocycles. The van der Waals surface area contributed by atoms with Crippen molar-refractivity contribution in [2.75, 3.05) is 7.11 Å². The van der Waals surface area contributed by atoms with Crippen molar-refractivity contribution in [2.45, 2.75) is 38.2 Å². The average Bonchev–Trinajstić information content (AvgIpc) is 2.28. The zero-order valence-electron chi connectivity index (χ0n) is 10.2. The minimum atomic E-state index is -0.374.